The Balaban J connectivity index is 1.45. The number of rotatable bonds is 4. The minimum atomic E-state index is -0.676. The van der Waals surface area contributed by atoms with Crippen LogP contribution in [0.2, 0.25) is 0 Å². The molecule has 1 aromatic carbocycles. The van der Waals surface area contributed by atoms with Crippen molar-refractivity contribution in [3.63, 3.8) is 0 Å². The second-order valence-electron chi connectivity index (χ2n) is 9.72. The molecule has 4 aliphatic rings. The molecule has 1 aliphatic carbocycles. The lowest BCUT2D eigenvalue weighted by Gasteiger charge is -2.42. The van der Waals surface area contributed by atoms with Crippen molar-refractivity contribution in [2.24, 2.45) is 5.92 Å². The molecule has 3 heterocycles. The number of carbonyl (C=O) groups is 2. The third kappa shape index (κ3) is 3.19. The highest BCUT2D eigenvalue weighted by Gasteiger charge is 2.55. The van der Waals surface area contributed by atoms with E-state index in [2.05, 4.69) is 27.1 Å². The molecule has 1 saturated carbocycles. The van der Waals surface area contributed by atoms with Gasteiger partial charge in [-0.3, -0.25) is 4.79 Å². The van der Waals surface area contributed by atoms with Crippen LogP contribution in [0.1, 0.15) is 68.3 Å². The van der Waals surface area contributed by atoms with Crippen molar-refractivity contribution >= 4 is 17.6 Å². The zero-order valence-corrected chi connectivity index (χ0v) is 18.0. The molecule has 8 nitrogen and oxygen atoms in total. The van der Waals surface area contributed by atoms with E-state index in [1.54, 1.807) is 6.07 Å². The molecule has 164 valence electrons. The highest BCUT2D eigenvalue weighted by Crippen LogP contribution is 2.44. The average Bonchev–Trinajstić information content (AvgIpc) is 3.39. The Bertz CT molecular complexity index is 962. The summed E-state index contributed by atoms with van der Waals surface area (Å²) >= 11 is 0. The number of hydrogen-bond acceptors (Lipinski definition) is 7. The highest BCUT2D eigenvalue weighted by molar-refractivity contribution is 5.95. The first kappa shape index (κ1) is 20.3. The number of piperidine rings is 1. The molecular formula is C23H29N5O3. The van der Waals surface area contributed by atoms with Gasteiger partial charge in [-0.05, 0) is 51.3 Å². The smallest absolute Gasteiger partial charge is 0.339 e. The van der Waals surface area contributed by atoms with E-state index in [-0.39, 0.29) is 35.5 Å². The maximum absolute atomic E-state index is 12.9. The number of cyclic esters (lactones) is 1. The van der Waals surface area contributed by atoms with Gasteiger partial charge in [-0.2, -0.15) is 5.26 Å². The van der Waals surface area contributed by atoms with Crippen LogP contribution in [0.3, 0.4) is 0 Å². The summed E-state index contributed by atoms with van der Waals surface area (Å²) in [5, 5.41) is 18.3. The second-order valence-corrected chi connectivity index (χ2v) is 9.72. The summed E-state index contributed by atoms with van der Waals surface area (Å²) in [6, 6.07) is 8.04. The van der Waals surface area contributed by atoms with Gasteiger partial charge in [0.1, 0.15) is 11.8 Å². The van der Waals surface area contributed by atoms with Crippen molar-refractivity contribution in [3.05, 3.63) is 29.3 Å². The number of benzene rings is 1. The van der Waals surface area contributed by atoms with E-state index >= 15 is 0 Å². The number of nitrogens with zero attached hydrogens (tertiary/aromatic N) is 2. The topological polar surface area (TPSA) is 106 Å². The zero-order valence-electron chi connectivity index (χ0n) is 18.0. The lowest BCUT2D eigenvalue weighted by atomic mass is 9.86. The van der Waals surface area contributed by atoms with Gasteiger partial charge in [0.25, 0.3) is 0 Å². The van der Waals surface area contributed by atoms with Crippen molar-refractivity contribution < 1.29 is 14.3 Å². The van der Waals surface area contributed by atoms with Gasteiger partial charge < -0.3 is 15.4 Å². The van der Waals surface area contributed by atoms with Gasteiger partial charge >= 0.3 is 5.97 Å². The molecule has 3 fully saturated rings. The molecule has 0 aromatic heterocycles. The van der Waals surface area contributed by atoms with Crippen LogP contribution < -0.4 is 16.1 Å². The summed E-state index contributed by atoms with van der Waals surface area (Å²) in [6.07, 6.45) is 5.18. The Hall–Kier alpha value is -2.63. The number of ether oxygens (including phenoxy) is 1. The number of hydrogen-bond donors (Lipinski definition) is 3. The van der Waals surface area contributed by atoms with E-state index in [1.165, 1.54) is 0 Å². The summed E-state index contributed by atoms with van der Waals surface area (Å²) in [7, 11) is 0. The summed E-state index contributed by atoms with van der Waals surface area (Å²) < 4.78 is 5.49. The Labute approximate surface area is 182 Å². The standard InChI is InChI=1S/C23H29N5O3/c1-22(2)16-13-14(5-6-15(16)21(30)31-22)26-19-18-17(7-12-25-20(18)29)28(27-19)23(10-11-24)8-3-4-9-23/h5-6,13,17-19,26-27H,3-4,7-10,12H2,1-2H3,(H,25,29). The van der Waals surface area contributed by atoms with Gasteiger partial charge in [-0.15, -0.1) is 0 Å². The fraction of sp³-hybridized carbons (Fsp3) is 0.609. The molecule has 8 heteroatoms. The van der Waals surface area contributed by atoms with Crippen molar-refractivity contribution in [3.8, 4) is 6.07 Å². The first-order valence-corrected chi connectivity index (χ1v) is 11.2. The minimum absolute atomic E-state index is 0.0360. The fourth-order valence-corrected chi connectivity index (χ4v) is 5.93. The number of hydrazine groups is 1. The third-order valence-electron chi connectivity index (χ3n) is 7.44. The van der Waals surface area contributed by atoms with Gasteiger partial charge in [0, 0.05) is 29.4 Å². The molecular weight excluding hydrogens is 394 g/mol. The molecule has 3 aliphatic heterocycles. The number of nitriles is 1. The minimum Gasteiger partial charge on any atom is -0.451 e. The Morgan fingerprint density at radius 3 is 2.81 bits per heavy atom. The van der Waals surface area contributed by atoms with E-state index in [0.29, 0.717) is 18.5 Å². The van der Waals surface area contributed by atoms with Crippen molar-refractivity contribution in [2.45, 2.75) is 75.7 Å². The van der Waals surface area contributed by atoms with Gasteiger partial charge in [-0.1, -0.05) is 12.8 Å². The maximum atomic E-state index is 12.9. The van der Waals surface area contributed by atoms with Crippen LogP contribution in [-0.2, 0) is 15.1 Å². The summed E-state index contributed by atoms with van der Waals surface area (Å²) in [5.74, 6) is -0.527. The van der Waals surface area contributed by atoms with Crippen LogP contribution in [0.15, 0.2) is 18.2 Å². The van der Waals surface area contributed by atoms with E-state index in [1.807, 2.05) is 26.0 Å². The van der Waals surface area contributed by atoms with Crippen LogP contribution in [0.5, 0.6) is 0 Å². The normalized spacial score (nSPS) is 30.8. The van der Waals surface area contributed by atoms with Crippen LogP contribution in [0, 0.1) is 17.2 Å². The Kier molecular flexibility index (Phi) is 4.72. The van der Waals surface area contributed by atoms with Crippen molar-refractivity contribution in [2.75, 3.05) is 11.9 Å². The third-order valence-corrected chi connectivity index (χ3v) is 7.44. The van der Waals surface area contributed by atoms with E-state index < -0.39 is 5.60 Å². The number of fused-ring (bicyclic) bond motifs is 2. The predicted octanol–water partition coefficient (Wildman–Crippen LogP) is 2.38. The SMILES string of the molecule is CC1(C)OC(=O)c2ccc(NC3NN(C4(CC#N)CCCC4)C4CCNC(=O)C34)cc21. The number of esters is 1. The molecule has 0 bridgehead atoms. The van der Waals surface area contributed by atoms with E-state index in [4.69, 9.17) is 4.74 Å². The van der Waals surface area contributed by atoms with Crippen LogP contribution >= 0.6 is 0 Å². The lowest BCUT2D eigenvalue weighted by molar-refractivity contribution is -0.128. The van der Waals surface area contributed by atoms with E-state index in [9.17, 15) is 14.9 Å². The molecule has 1 aromatic rings. The molecule has 3 unspecified atom stereocenters. The van der Waals surface area contributed by atoms with Crippen molar-refractivity contribution in [1.29, 1.82) is 5.26 Å². The van der Waals surface area contributed by atoms with Crippen molar-refractivity contribution in [1.82, 2.24) is 15.8 Å². The average molecular weight is 424 g/mol. The van der Waals surface area contributed by atoms with E-state index in [0.717, 1.165) is 43.4 Å². The number of amides is 1. The molecule has 31 heavy (non-hydrogen) atoms. The summed E-state index contributed by atoms with van der Waals surface area (Å²) in [5.41, 5.74) is 4.96. The lowest BCUT2D eigenvalue weighted by Crippen LogP contribution is -2.57. The van der Waals surface area contributed by atoms with Crippen LogP contribution in [-0.4, -0.2) is 41.2 Å². The molecule has 0 spiro atoms. The Morgan fingerprint density at radius 2 is 2.06 bits per heavy atom. The van der Waals surface area contributed by atoms with Gasteiger partial charge in [-0.25, -0.2) is 15.2 Å². The quantitative estimate of drug-likeness (QED) is 0.639. The fourth-order valence-electron chi connectivity index (χ4n) is 5.93. The number of anilines is 1. The predicted molar refractivity (Wildman–Crippen MR) is 114 cm³/mol. The molecule has 1 amide bonds. The molecule has 3 N–H and O–H groups in total. The first-order valence-electron chi connectivity index (χ1n) is 11.2. The van der Waals surface area contributed by atoms with Gasteiger partial charge in [0.05, 0.1) is 24.0 Å². The van der Waals surface area contributed by atoms with Crippen LogP contribution in [0.25, 0.3) is 0 Å². The molecule has 0 radical (unpaired) electrons. The highest BCUT2D eigenvalue weighted by atomic mass is 16.6. The van der Waals surface area contributed by atoms with Crippen LogP contribution in [0.4, 0.5) is 5.69 Å². The summed E-state index contributed by atoms with van der Waals surface area (Å²) in [6.45, 7) is 4.42. The Morgan fingerprint density at radius 1 is 1.29 bits per heavy atom. The van der Waals surface area contributed by atoms with Gasteiger partial charge in [0.2, 0.25) is 5.91 Å². The maximum Gasteiger partial charge on any atom is 0.339 e. The molecule has 3 atom stereocenters. The second kappa shape index (κ2) is 7.21. The largest absolute Gasteiger partial charge is 0.451 e. The summed E-state index contributed by atoms with van der Waals surface area (Å²) in [4.78, 5) is 25.0. The van der Waals surface area contributed by atoms with Gasteiger partial charge in [0.15, 0.2) is 0 Å². The number of carbonyl (C=O) groups excluding carboxylic acids is 2. The first-order chi connectivity index (χ1) is 14.8. The monoisotopic (exact) mass is 423 g/mol. The molecule has 2 saturated heterocycles. The number of nitrogens with one attached hydrogen (secondary N) is 3. The zero-order chi connectivity index (χ0) is 21.8. The molecule has 5 rings (SSSR count).